The van der Waals surface area contributed by atoms with E-state index in [2.05, 4.69) is 35.6 Å². The van der Waals surface area contributed by atoms with Crippen molar-refractivity contribution in [1.82, 2.24) is 10.3 Å². The van der Waals surface area contributed by atoms with Gasteiger partial charge in [-0.2, -0.15) is 0 Å². The van der Waals surface area contributed by atoms with Crippen LogP contribution in [0, 0.1) is 13.0 Å². The first kappa shape index (κ1) is 25.7. The summed E-state index contributed by atoms with van der Waals surface area (Å²) in [6.07, 6.45) is 4.10. The van der Waals surface area contributed by atoms with Gasteiger partial charge in [0, 0.05) is 18.0 Å². The number of carbonyl (C=O) groups excluding carboxylic acids is 1. The van der Waals surface area contributed by atoms with E-state index in [1.807, 2.05) is 61.5 Å². The van der Waals surface area contributed by atoms with E-state index < -0.39 is 6.09 Å². The topological polar surface area (TPSA) is 73.6 Å². The molecule has 2 unspecified atom stereocenters. The molecule has 0 saturated heterocycles. The maximum Gasteiger partial charge on any atom is 0.407 e. The van der Waals surface area contributed by atoms with Gasteiger partial charge in [0.05, 0.1) is 18.4 Å². The van der Waals surface area contributed by atoms with Gasteiger partial charge < -0.3 is 19.2 Å². The molecule has 5 rings (SSSR count). The van der Waals surface area contributed by atoms with Crippen molar-refractivity contribution in [2.45, 2.75) is 57.8 Å². The molecule has 38 heavy (non-hydrogen) atoms. The number of nitrogens with zero attached hydrogens (tertiary/aromatic N) is 1. The third-order valence-corrected chi connectivity index (χ3v) is 6.90. The second-order valence-electron chi connectivity index (χ2n) is 9.68. The average molecular weight is 510 g/mol. The van der Waals surface area contributed by atoms with Gasteiger partial charge in [-0.15, -0.1) is 0 Å². The Labute approximate surface area is 224 Å². The lowest BCUT2D eigenvalue weighted by atomic mass is 9.93. The van der Waals surface area contributed by atoms with Crippen molar-refractivity contribution < 1.29 is 18.7 Å². The fraction of sp³-hybridized carbons (Fsp3) is 0.312. The standard InChI is InChI=1S/C32H33N2O4/c1-23-30(34-31(38-23)27-17-15-26(16-18-27)25-11-6-3-7-12-25)19-20-36-29-14-8-13-28(21-29)33-32(35)37-22-24-9-4-2-5-10-24/h2-7,9,11-12,15-18,28-29H,8,13-14,19-22H2,1H3,(H,33,35). The van der Waals surface area contributed by atoms with Crippen LogP contribution in [0.5, 0.6) is 0 Å². The van der Waals surface area contributed by atoms with Crippen molar-refractivity contribution in [3.8, 4) is 22.6 Å². The minimum Gasteiger partial charge on any atom is -0.445 e. The number of benzene rings is 3. The minimum absolute atomic E-state index is 0.0558. The molecule has 1 amide bonds. The molecular formula is C32H33N2O4. The Morgan fingerprint density at radius 3 is 2.55 bits per heavy atom. The maximum atomic E-state index is 12.2. The third kappa shape index (κ3) is 6.90. The van der Waals surface area contributed by atoms with Crippen LogP contribution in [0.1, 0.15) is 42.7 Å². The zero-order valence-electron chi connectivity index (χ0n) is 21.7. The number of oxazole rings is 1. The van der Waals surface area contributed by atoms with Crippen LogP contribution in [-0.4, -0.2) is 29.8 Å². The van der Waals surface area contributed by atoms with Gasteiger partial charge in [0.25, 0.3) is 0 Å². The van der Waals surface area contributed by atoms with Crippen LogP contribution in [0.3, 0.4) is 0 Å². The Morgan fingerprint density at radius 1 is 1.00 bits per heavy atom. The summed E-state index contributed by atoms with van der Waals surface area (Å²) in [6.45, 7) is 2.73. The van der Waals surface area contributed by atoms with Gasteiger partial charge in [-0.1, -0.05) is 66.7 Å². The summed E-state index contributed by atoms with van der Waals surface area (Å²) >= 11 is 0. The predicted octanol–water partition coefficient (Wildman–Crippen LogP) is 6.91. The molecule has 1 radical (unpaired) electrons. The lowest BCUT2D eigenvalue weighted by Crippen LogP contribution is -2.40. The van der Waals surface area contributed by atoms with Gasteiger partial charge in [-0.05, 0) is 67.5 Å². The van der Waals surface area contributed by atoms with Crippen LogP contribution in [-0.2, 0) is 22.5 Å². The molecule has 1 heterocycles. The van der Waals surface area contributed by atoms with Gasteiger partial charge >= 0.3 is 6.09 Å². The van der Waals surface area contributed by atoms with Gasteiger partial charge in [-0.3, -0.25) is 0 Å². The fourth-order valence-electron chi connectivity index (χ4n) is 4.84. The van der Waals surface area contributed by atoms with Gasteiger partial charge in [0.2, 0.25) is 5.89 Å². The van der Waals surface area contributed by atoms with E-state index in [9.17, 15) is 4.79 Å². The molecule has 6 heteroatoms. The number of rotatable bonds is 9. The number of aromatic nitrogens is 1. The Kier molecular flexibility index (Phi) is 8.51. The molecule has 3 aromatic carbocycles. The first-order chi connectivity index (χ1) is 18.6. The normalized spacial score (nSPS) is 17.2. The molecule has 0 bridgehead atoms. The van der Waals surface area contributed by atoms with E-state index in [0.29, 0.717) is 18.9 Å². The summed E-state index contributed by atoms with van der Waals surface area (Å²) in [5.74, 6) is 1.45. The molecule has 2 atom stereocenters. The zero-order valence-corrected chi connectivity index (χ0v) is 21.7. The van der Waals surface area contributed by atoms with Crippen molar-refractivity contribution in [3.63, 3.8) is 0 Å². The summed E-state index contributed by atoms with van der Waals surface area (Å²) in [4.78, 5) is 17.0. The highest BCUT2D eigenvalue weighted by Crippen LogP contribution is 2.27. The van der Waals surface area contributed by atoms with Gasteiger partial charge in [0.15, 0.2) is 0 Å². The van der Waals surface area contributed by atoms with E-state index >= 15 is 0 Å². The smallest absolute Gasteiger partial charge is 0.407 e. The lowest BCUT2D eigenvalue weighted by molar-refractivity contribution is 0.0204. The van der Waals surface area contributed by atoms with Gasteiger partial charge in [-0.25, -0.2) is 9.78 Å². The number of hydrogen-bond donors (Lipinski definition) is 1. The number of ether oxygens (including phenoxy) is 2. The van der Waals surface area contributed by atoms with E-state index in [1.54, 1.807) is 0 Å². The maximum absolute atomic E-state index is 12.2. The zero-order chi connectivity index (χ0) is 26.2. The van der Waals surface area contributed by atoms with E-state index in [-0.39, 0.29) is 18.8 Å². The molecule has 0 spiro atoms. The lowest BCUT2D eigenvalue weighted by Gasteiger charge is -2.29. The SMILES string of the molecule is Cc1oc(-c2ccc(-c3ccccc3)cc2)nc1CCOC1CCCC(NC(=O)OCc2[c]cccc2)C1. The molecule has 6 nitrogen and oxygen atoms in total. The van der Waals surface area contributed by atoms with Crippen molar-refractivity contribution in [2.24, 2.45) is 0 Å². The number of hydrogen-bond acceptors (Lipinski definition) is 5. The number of carbonyl (C=O) groups is 1. The van der Waals surface area contributed by atoms with Crippen molar-refractivity contribution in [2.75, 3.05) is 6.61 Å². The summed E-state index contributed by atoms with van der Waals surface area (Å²) in [7, 11) is 0. The second kappa shape index (κ2) is 12.6. The highest BCUT2D eigenvalue weighted by Gasteiger charge is 2.24. The fourth-order valence-corrected chi connectivity index (χ4v) is 4.84. The van der Waals surface area contributed by atoms with Gasteiger partial charge in [0.1, 0.15) is 12.4 Å². The Bertz CT molecular complexity index is 1300. The van der Waals surface area contributed by atoms with Crippen LogP contribution in [0.4, 0.5) is 4.79 Å². The third-order valence-electron chi connectivity index (χ3n) is 6.90. The molecular weight excluding hydrogens is 476 g/mol. The summed E-state index contributed by atoms with van der Waals surface area (Å²) in [6, 6.07) is 29.2. The van der Waals surface area contributed by atoms with Crippen LogP contribution in [0.15, 0.2) is 83.3 Å². The number of nitrogens with one attached hydrogen (secondary N) is 1. The molecule has 1 aliphatic rings. The highest BCUT2D eigenvalue weighted by molar-refractivity contribution is 5.68. The minimum atomic E-state index is -0.393. The molecule has 1 aliphatic carbocycles. The largest absolute Gasteiger partial charge is 0.445 e. The van der Waals surface area contributed by atoms with Crippen LogP contribution in [0.2, 0.25) is 0 Å². The first-order valence-electron chi connectivity index (χ1n) is 13.3. The summed E-state index contributed by atoms with van der Waals surface area (Å²) < 4.78 is 17.5. The highest BCUT2D eigenvalue weighted by atomic mass is 16.5. The number of aryl methyl sites for hydroxylation is 1. The summed E-state index contributed by atoms with van der Waals surface area (Å²) in [5.41, 5.74) is 5.07. The first-order valence-corrected chi connectivity index (χ1v) is 13.3. The predicted molar refractivity (Wildman–Crippen MR) is 146 cm³/mol. The quantitative estimate of drug-likeness (QED) is 0.265. The Morgan fingerprint density at radius 2 is 1.76 bits per heavy atom. The van der Waals surface area contributed by atoms with Crippen molar-refractivity contribution >= 4 is 6.09 Å². The van der Waals surface area contributed by atoms with Crippen LogP contribution >= 0.6 is 0 Å². The molecule has 1 N–H and O–H groups in total. The van der Waals surface area contributed by atoms with Crippen molar-refractivity contribution in [3.05, 3.63) is 102 Å². The molecule has 4 aromatic rings. The molecule has 195 valence electrons. The average Bonchev–Trinajstić information content (AvgIpc) is 3.33. The van der Waals surface area contributed by atoms with Crippen molar-refractivity contribution in [1.29, 1.82) is 0 Å². The van der Waals surface area contributed by atoms with E-state index in [4.69, 9.17) is 18.9 Å². The molecule has 1 aromatic heterocycles. The molecule has 1 fully saturated rings. The van der Waals surface area contributed by atoms with E-state index in [0.717, 1.165) is 53.8 Å². The second-order valence-corrected chi connectivity index (χ2v) is 9.68. The van der Waals surface area contributed by atoms with Crippen LogP contribution < -0.4 is 5.32 Å². The molecule has 1 saturated carbocycles. The summed E-state index contributed by atoms with van der Waals surface area (Å²) in [5, 5.41) is 2.99. The number of amides is 1. The number of alkyl carbamates (subject to hydrolysis) is 1. The molecule has 0 aliphatic heterocycles. The monoisotopic (exact) mass is 509 g/mol. The van der Waals surface area contributed by atoms with E-state index in [1.165, 1.54) is 5.56 Å². The Hall–Kier alpha value is -3.90. The van der Waals surface area contributed by atoms with Crippen LogP contribution in [0.25, 0.3) is 22.6 Å². The Balaban J connectivity index is 1.08.